The summed E-state index contributed by atoms with van der Waals surface area (Å²) in [4.78, 5) is 13.7. The van der Waals surface area contributed by atoms with E-state index in [-0.39, 0.29) is 11.8 Å². The first-order chi connectivity index (χ1) is 5.66. The number of amides is 1. The highest BCUT2D eigenvalue weighted by atomic mass is 32.1. The Bertz CT molecular complexity index is 172. The number of rotatable bonds is 2. The number of carbonyl (C=O) groups is 1. The van der Waals surface area contributed by atoms with Gasteiger partial charge >= 0.3 is 0 Å². The summed E-state index contributed by atoms with van der Waals surface area (Å²) in [6.45, 7) is 5.01. The molecule has 12 heavy (non-hydrogen) atoms. The average molecular weight is 187 g/mol. The van der Waals surface area contributed by atoms with Crippen LogP contribution in [0.2, 0.25) is 0 Å². The molecular formula is C9H17NOS. The van der Waals surface area contributed by atoms with Crippen LogP contribution < -0.4 is 0 Å². The first-order valence-electron chi connectivity index (χ1n) is 4.58. The number of hydrogen-bond donors (Lipinski definition) is 1. The van der Waals surface area contributed by atoms with Gasteiger partial charge in [-0.15, -0.1) is 0 Å². The van der Waals surface area contributed by atoms with Gasteiger partial charge in [0.1, 0.15) is 0 Å². The summed E-state index contributed by atoms with van der Waals surface area (Å²) in [5.74, 6) is 1.01. The fourth-order valence-electron chi connectivity index (χ4n) is 1.62. The zero-order chi connectivity index (χ0) is 9.14. The summed E-state index contributed by atoms with van der Waals surface area (Å²) in [5.41, 5.74) is 0. The third-order valence-corrected chi connectivity index (χ3v) is 3.08. The SMILES string of the molecule is C[C@H](CS)C(=O)N1CCC[C@H]1C. The van der Waals surface area contributed by atoms with Crippen molar-refractivity contribution in [3.05, 3.63) is 0 Å². The lowest BCUT2D eigenvalue weighted by Gasteiger charge is -2.24. The van der Waals surface area contributed by atoms with Crippen molar-refractivity contribution in [2.45, 2.75) is 32.7 Å². The van der Waals surface area contributed by atoms with Crippen LogP contribution in [0.25, 0.3) is 0 Å². The Morgan fingerprint density at radius 3 is 2.83 bits per heavy atom. The van der Waals surface area contributed by atoms with E-state index in [0.29, 0.717) is 11.8 Å². The molecule has 1 heterocycles. The van der Waals surface area contributed by atoms with Gasteiger partial charge in [-0.3, -0.25) is 4.79 Å². The molecule has 0 aliphatic carbocycles. The van der Waals surface area contributed by atoms with Crippen LogP contribution in [-0.2, 0) is 4.79 Å². The number of likely N-dealkylation sites (tertiary alicyclic amines) is 1. The largest absolute Gasteiger partial charge is 0.340 e. The highest BCUT2D eigenvalue weighted by molar-refractivity contribution is 7.80. The molecule has 3 heteroatoms. The lowest BCUT2D eigenvalue weighted by molar-refractivity contribution is -0.134. The second-order valence-electron chi connectivity index (χ2n) is 3.61. The lowest BCUT2D eigenvalue weighted by atomic mass is 10.1. The average Bonchev–Trinajstić information content (AvgIpc) is 2.48. The van der Waals surface area contributed by atoms with Gasteiger partial charge in [0.25, 0.3) is 0 Å². The van der Waals surface area contributed by atoms with Crippen LogP contribution in [0.3, 0.4) is 0 Å². The summed E-state index contributed by atoms with van der Waals surface area (Å²) in [7, 11) is 0. The van der Waals surface area contributed by atoms with Crippen LogP contribution in [0.5, 0.6) is 0 Å². The van der Waals surface area contributed by atoms with Crippen molar-refractivity contribution in [2.75, 3.05) is 12.3 Å². The van der Waals surface area contributed by atoms with Crippen molar-refractivity contribution < 1.29 is 4.79 Å². The molecule has 0 unspecified atom stereocenters. The van der Waals surface area contributed by atoms with E-state index in [1.165, 1.54) is 0 Å². The van der Waals surface area contributed by atoms with E-state index >= 15 is 0 Å². The Morgan fingerprint density at radius 1 is 1.75 bits per heavy atom. The predicted octanol–water partition coefficient (Wildman–Crippen LogP) is 1.56. The Hall–Kier alpha value is -0.180. The predicted molar refractivity (Wildman–Crippen MR) is 53.4 cm³/mol. The molecule has 0 radical (unpaired) electrons. The molecule has 1 rings (SSSR count). The molecule has 1 aliphatic heterocycles. The summed E-state index contributed by atoms with van der Waals surface area (Å²) < 4.78 is 0. The maximum absolute atomic E-state index is 11.7. The molecule has 1 fully saturated rings. The smallest absolute Gasteiger partial charge is 0.226 e. The quantitative estimate of drug-likeness (QED) is 0.651. The van der Waals surface area contributed by atoms with Crippen LogP contribution >= 0.6 is 12.6 Å². The molecule has 70 valence electrons. The highest BCUT2D eigenvalue weighted by Gasteiger charge is 2.27. The minimum Gasteiger partial charge on any atom is -0.340 e. The number of carbonyl (C=O) groups excluding carboxylic acids is 1. The molecule has 1 amide bonds. The molecule has 0 N–H and O–H groups in total. The summed E-state index contributed by atoms with van der Waals surface area (Å²) in [5, 5.41) is 0. The molecular weight excluding hydrogens is 170 g/mol. The molecule has 2 nitrogen and oxygen atoms in total. The number of nitrogens with zero attached hydrogens (tertiary/aromatic N) is 1. The topological polar surface area (TPSA) is 20.3 Å². The maximum Gasteiger partial charge on any atom is 0.226 e. The van der Waals surface area contributed by atoms with E-state index < -0.39 is 0 Å². The first-order valence-corrected chi connectivity index (χ1v) is 5.21. The lowest BCUT2D eigenvalue weighted by Crippen LogP contribution is -2.37. The van der Waals surface area contributed by atoms with Gasteiger partial charge in [-0.25, -0.2) is 0 Å². The molecule has 1 aliphatic rings. The summed E-state index contributed by atoms with van der Waals surface area (Å²) in [6.07, 6.45) is 2.32. The van der Waals surface area contributed by atoms with Gasteiger partial charge in [-0.1, -0.05) is 6.92 Å². The van der Waals surface area contributed by atoms with Gasteiger partial charge in [0.2, 0.25) is 5.91 Å². The van der Waals surface area contributed by atoms with E-state index in [0.717, 1.165) is 19.4 Å². The number of hydrogen-bond acceptors (Lipinski definition) is 2. The number of thiol groups is 1. The Balaban J connectivity index is 2.51. The van der Waals surface area contributed by atoms with Crippen LogP contribution in [0, 0.1) is 5.92 Å². The minimum atomic E-state index is 0.0777. The second kappa shape index (κ2) is 4.17. The van der Waals surface area contributed by atoms with Gasteiger partial charge < -0.3 is 4.90 Å². The molecule has 2 atom stereocenters. The van der Waals surface area contributed by atoms with Gasteiger partial charge in [-0.05, 0) is 19.8 Å². The van der Waals surface area contributed by atoms with E-state index in [9.17, 15) is 4.79 Å². The monoisotopic (exact) mass is 187 g/mol. The third kappa shape index (κ3) is 1.94. The Morgan fingerprint density at radius 2 is 2.42 bits per heavy atom. The fraction of sp³-hybridized carbons (Fsp3) is 0.889. The molecule has 0 aromatic rings. The second-order valence-corrected chi connectivity index (χ2v) is 3.97. The Labute approximate surface area is 79.7 Å². The molecule has 0 spiro atoms. The molecule has 0 aromatic carbocycles. The fourth-order valence-corrected chi connectivity index (χ4v) is 1.78. The normalized spacial score (nSPS) is 25.9. The molecule has 1 saturated heterocycles. The van der Waals surface area contributed by atoms with Crippen LogP contribution in [0.15, 0.2) is 0 Å². The van der Waals surface area contributed by atoms with Crippen LogP contribution in [0.1, 0.15) is 26.7 Å². The zero-order valence-corrected chi connectivity index (χ0v) is 8.68. The molecule has 0 aromatic heterocycles. The van der Waals surface area contributed by atoms with E-state index in [1.54, 1.807) is 0 Å². The van der Waals surface area contributed by atoms with Crippen molar-refractivity contribution in [3.8, 4) is 0 Å². The highest BCUT2D eigenvalue weighted by Crippen LogP contribution is 2.19. The maximum atomic E-state index is 11.7. The Kier molecular flexibility index (Phi) is 3.44. The summed E-state index contributed by atoms with van der Waals surface area (Å²) >= 11 is 4.13. The van der Waals surface area contributed by atoms with Crippen molar-refractivity contribution in [1.29, 1.82) is 0 Å². The molecule has 0 saturated carbocycles. The van der Waals surface area contributed by atoms with Crippen molar-refractivity contribution in [1.82, 2.24) is 4.90 Å². The standard InChI is InChI=1S/C9H17NOS/c1-7(6-12)9(11)10-5-3-4-8(10)2/h7-8,12H,3-6H2,1-2H3/t7-,8-/m1/s1. The van der Waals surface area contributed by atoms with Gasteiger partial charge in [0.15, 0.2) is 0 Å². The van der Waals surface area contributed by atoms with Crippen molar-refractivity contribution >= 4 is 18.5 Å². The van der Waals surface area contributed by atoms with Gasteiger partial charge in [0.05, 0.1) is 0 Å². The van der Waals surface area contributed by atoms with Crippen LogP contribution in [0.4, 0.5) is 0 Å². The van der Waals surface area contributed by atoms with Gasteiger partial charge in [-0.2, -0.15) is 12.6 Å². The van der Waals surface area contributed by atoms with Gasteiger partial charge in [0, 0.05) is 24.3 Å². The van der Waals surface area contributed by atoms with E-state index in [2.05, 4.69) is 19.6 Å². The first kappa shape index (κ1) is 9.90. The zero-order valence-electron chi connectivity index (χ0n) is 7.79. The minimum absolute atomic E-state index is 0.0777. The van der Waals surface area contributed by atoms with Crippen molar-refractivity contribution in [3.63, 3.8) is 0 Å². The molecule has 0 bridgehead atoms. The summed E-state index contributed by atoms with van der Waals surface area (Å²) in [6, 6.07) is 0.444. The van der Waals surface area contributed by atoms with Crippen molar-refractivity contribution in [2.24, 2.45) is 5.92 Å². The third-order valence-electron chi connectivity index (χ3n) is 2.53. The van der Waals surface area contributed by atoms with Crippen LogP contribution in [-0.4, -0.2) is 29.1 Å². The van der Waals surface area contributed by atoms with E-state index in [1.807, 2.05) is 11.8 Å². The van der Waals surface area contributed by atoms with E-state index in [4.69, 9.17) is 0 Å².